The molecule has 0 fully saturated rings. The molecular formula is C15H13BrN2O3S. The molecule has 7 heteroatoms. The molecule has 2 aromatic rings. The van der Waals surface area contributed by atoms with E-state index in [9.17, 15) is 14.9 Å². The van der Waals surface area contributed by atoms with Gasteiger partial charge >= 0.3 is 0 Å². The van der Waals surface area contributed by atoms with Crippen molar-refractivity contribution in [3.63, 3.8) is 0 Å². The summed E-state index contributed by atoms with van der Waals surface area (Å²) in [6, 6.07) is 13.9. The topological polar surface area (TPSA) is 72.2 Å². The molecular weight excluding hydrogens is 368 g/mol. The number of thioether (sulfide) groups is 1. The summed E-state index contributed by atoms with van der Waals surface area (Å²) in [6.45, 7) is 0. The SMILES string of the molecule is O=C(CCSc1cccc(Br)c1)Nc1ccccc1[N+](=O)[O-]. The number of nitrogens with zero attached hydrogens (tertiary/aromatic N) is 1. The fourth-order valence-electron chi connectivity index (χ4n) is 1.77. The molecule has 0 bridgehead atoms. The normalized spacial score (nSPS) is 10.2. The minimum atomic E-state index is -0.508. The van der Waals surface area contributed by atoms with Gasteiger partial charge in [0.1, 0.15) is 5.69 Å². The predicted octanol–water partition coefficient (Wildman–Crippen LogP) is 4.48. The number of carbonyl (C=O) groups excluding carboxylic acids is 1. The van der Waals surface area contributed by atoms with E-state index >= 15 is 0 Å². The van der Waals surface area contributed by atoms with E-state index in [-0.39, 0.29) is 23.7 Å². The largest absolute Gasteiger partial charge is 0.320 e. The van der Waals surface area contributed by atoms with E-state index in [0.29, 0.717) is 5.75 Å². The summed E-state index contributed by atoms with van der Waals surface area (Å²) < 4.78 is 0.988. The Morgan fingerprint density at radius 3 is 2.73 bits per heavy atom. The molecule has 5 nitrogen and oxygen atoms in total. The second kappa shape index (κ2) is 7.95. The van der Waals surface area contributed by atoms with E-state index < -0.39 is 4.92 Å². The van der Waals surface area contributed by atoms with Crippen molar-refractivity contribution in [1.82, 2.24) is 0 Å². The van der Waals surface area contributed by atoms with Crippen molar-refractivity contribution >= 4 is 45.0 Å². The molecule has 0 heterocycles. The van der Waals surface area contributed by atoms with Gasteiger partial charge in [-0.15, -0.1) is 11.8 Å². The van der Waals surface area contributed by atoms with Gasteiger partial charge in [-0.1, -0.05) is 34.1 Å². The molecule has 0 aliphatic heterocycles. The van der Waals surface area contributed by atoms with Crippen LogP contribution in [0.15, 0.2) is 57.9 Å². The van der Waals surface area contributed by atoms with Gasteiger partial charge in [-0.3, -0.25) is 14.9 Å². The maximum absolute atomic E-state index is 11.9. The van der Waals surface area contributed by atoms with Crippen LogP contribution in [0.2, 0.25) is 0 Å². The molecule has 0 saturated carbocycles. The maximum atomic E-state index is 11.9. The van der Waals surface area contributed by atoms with E-state index in [4.69, 9.17) is 0 Å². The number of carbonyl (C=O) groups is 1. The summed E-state index contributed by atoms with van der Waals surface area (Å²) in [4.78, 5) is 23.3. The molecule has 1 N–H and O–H groups in total. The molecule has 0 unspecified atom stereocenters. The van der Waals surface area contributed by atoms with Gasteiger partial charge in [0.25, 0.3) is 5.69 Å². The summed E-state index contributed by atoms with van der Waals surface area (Å²) >= 11 is 4.95. The van der Waals surface area contributed by atoms with Crippen LogP contribution in [0.4, 0.5) is 11.4 Å². The van der Waals surface area contributed by atoms with Crippen molar-refractivity contribution in [2.45, 2.75) is 11.3 Å². The summed E-state index contributed by atoms with van der Waals surface area (Å²) in [7, 11) is 0. The molecule has 0 radical (unpaired) electrons. The van der Waals surface area contributed by atoms with Gasteiger partial charge in [-0.05, 0) is 24.3 Å². The molecule has 0 aliphatic carbocycles. The lowest BCUT2D eigenvalue weighted by Crippen LogP contribution is -2.13. The molecule has 2 aromatic carbocycles. The first-order valence-electron chi connectivity index (χ1n) is 6.48. The second-order valence-electron chi connectivity index (χ2n) is 4.38. The van der Waals surface area contributed by atoms with Crippen LogP contribution in [0.3, 0.4) is 0 Å². The summed E-state index contributed by atoms with van der Waals surface area (Å²) in [5, 5.41) is 13.5. The monoisotopic (exact) mass is 380 g/mol. The van der Waals surface area contributed by atoms with Gasteiger partial charge in [-0.25, -0.2) is 0 Å². The van der Waals surface area contributed by atoms with E-state index in [2.05, 4.69) is 21.2 Å². The Bertz CT molecular complexity index is 694. The summed E-state index contributed by atoms with van der Waals surface area (Å²) in [5.41, 5.74) is 0.125. The van der Waals surface area contributed by atoms with Crippen LogP contribution in [0.5, 0.6) is 0 Å². The number of nitro groups is 1. The highest BCUT2D eigenvalue weighted by molar-refractivity contribution is 9.10. The number of hydrogen-bond donors (Lipinski definition) is 1. The number of amides is 1. The van der Waals surface area contributed by atoms with Crippen LogP contribution in [-0.2, 0) is 4.79 Å². The Morgan fingerprint density at radius 2 is 2.00 bits per heavy atom. The summed E-state index contributed by atoms with van der Waals surface area (Å²) in [5.74, 6) is 0.361. The highest BCUT2D eigenvalue weighted by atomic mass is 79.9. The van der Waals surface area contributed by atoms with Crippen molar-refractivity contribution in [3.8, 4) is 0 Å². The first kappa shape index (κ1) is 16.5. The molecule has 0 atom stereocenters. The fraction of sp³-hybridized carbons (Fsp3) is 0.133. The van der Waals surface area contributed by atoms with E-state index in [1.807, 2.05) is 24.3 Å². The quantitative estimate of drug-likeness (QED) is 0.455. The lowest BCUT2D eigenvalue weighted by atomic mass is 10.2. The first-order chi connectivity index (χ1) is 10.6. The van der Waals surface area contributed by atoms with Crippen LogP contribution in [0.1, 0.15) is 6.42 Å². The fourth-order valence-corrected chi connectivity index (χ4v) is 3.23. The average molecular weight is 381 g/mol. The van der Waals surface area contributed by atoms with E-state index in [0.717, 1.165) is 9.37 Å². The smallest absolute Gasteiger partial charge is 0.292 e. The van der Waals surface area contributed by atoms with Gasteiger partial charge in [0.15, 0.2) is 0 Å². The Balaban J connectivity index is 1.87. The Hall–Kier alpha value is -1.86. The third-order valence-corrected chi connectivity index (χ3v) is 4.26. The van der Waals surface area contributed by atoms with Crippen molar-refractivity contribution in [1.29, 1.82) is 0 Å². The third kappa shape index (κ3) is 4.85. The molecule has 22 heavy (non-hydrogen) atoms. The number of benzene rings is 2. The van der Waals surface area contributed by atoms with Gasteiger partial charge < -0.3 is 5.32 Å². The van der Waals surface area contributed by atoms with Crippen LogP contribution in [-0.4, -0.2) is 16.6 Å². The number of halogens is 1. The molecule has 0 saturated heterocycles. The zero-order valence-corrected chi connectivity index (χ0v) is 13.9. The minimum Gasteiger partial charge on any atom is -0.320 e. The molecule has 0 aliphatic rings. The molecule has 0 spiro atoms. The van der Waals surface area contributed by atoms with Gasteiger partial charge in [0.05, 0.1) is 4.92 Å². The zero-order valence-electron chi connectivity index (χ0n) is 11.5. The van der Waals surface area contributed by atoms with Crippen LogP contribution in [0, 0.1) is 10.1 Å². The minimum absolute atomic E-state index is 0.101. The number of hydrogen-bond acceptors (Lipinski definition) is 4. The number of nitrogens with one attached hydrogen (secondary N) is 1. The van der Waals surface area contributed by atoms with Gasteiger partial charge in [0.2, 0.25) is 5.91 Å². The van der Waals surface area contributed by atoms with Crippen molar-refractivity contribution < 1.29 is 9.72 Å². The second-order valence-corrected chi connectivity index (χ2v) is 6.46. The van der Waals surface area contributed by atoms with Crippen LogP contribution < -0.4 is 5.32 Å². The van der Waals surface area contributed by atoms with Gasteiger partial charge in [0, 0.05) is 27.6 Å². The lowest BCUT2D eigenvalue weighted by Gasteiger charge is -2.06. The highest BCUT2D eigenvalue weighted by Gasteiger charge is 2.14. The highest BCUT2D eigenvalue weighted by Crippen LogP contribution is 2.25. The number of anilines is 1. The van der Waals surface area contributed by atoms with Crippen LogP contribution in [0.25, 0.3) is 0 Å². The Labute approximate surface area is 140 Å². The lowest BCUT2D eigenvalue weighted by molar-refractivity contribution is -0.383. The maximum Gasteiger partial charge on any atom is 0.292 e. The predicted molar refractivity (Wildman–Crippen MR) is 91.2 cm³/mol. The zero-order chi connectivity index (χ0) is 15.9. The molecule has 0 aromatic heterocycles. The third-order valence-electron chi connectivity index (χ3n) is 2.77. The van der Waals surface area contributed by atoms with Crippen molar-refractivity contribution in [2.75, 3.05) is 11.1 Å². The van der Waals surface area contributed by atoms with Crippen molar-refractivity contribution in [3.05, 3.63) is 63.1 Å². The number of rotatable bonds is 6. The van der Waals surface area contributed by atoms with Crippen molar-refractivity contribution in [2.24, 2.45) is 0 Å². The average Bonchev–Trinajstić information content (AvgIpc) is 2.47. The molecule has 1 amide bonds. The first-order valence-corrected chi connectivity index (χ1v) is 8.26. The molecule has 114 valence electrons. The van der Waals surface area contributed by atoms with E-state index in [1.54, 1.807) is 23.9 Å². The van der Waals surface area contributed by atoms with Crippen LogP contribution >= 0.6 is 27.7 Å². The van der Waals surface area contributed by atoms with E-state index in [1.165, 1.54) is 12.1 Å². The Morgan fingerprint density at radius 1 is 1.23 bits per heavy atom. The van der Waals surface area contributed by atoms with Gasteiger partial charge in [-0.2, -0.15) is 0 Å². The standard InChI is InChI=1S/C15H13BrN2O3S/c16-11-4-3-5-12(10-11)22-9-8-15(19)17-13-6-1-2-7-14(13)18(20)21/h1-7,10H,8-9H2,(H,17,19). The Kier molecular flexibility index (Phi) is 5.97. The summed E-state index contributed by atoms with van der Waals surface area (Å²) in [6.07, 6.45) is 0.281. The number of nitro benzene ring substituents is 1. The molecule has 2 rings (SSSR count). The number of para-hydroxylation sites is 2.